The molecular formula is C22H27N5O3S2. The van der Waals surface area contributed by atoms with Gasteiger partial charge in [0.2, 0.25) is 17.7 Å². The monoisotopic (exact) mass is 473 g/mol. The van der Waals surface area contributed by atoms with Crippen molar-refractivity contribution >= 4 is 29.0 Å². The summed E-state index contributed by atoms with van der Waals surface area (Å²) in [6.45, 7) is 8.11. The van der Waals surface area contributed by atoms with Crippen LogP contribution in [0.5, 0.6) is 0 Å². The number of thioether (sulfide) groups is 1. The fraction of sp³-hybridized carbons (Fsp3) is 0.591. The van der Waals surface area contributed by atoms with Gasteiger partial charge in [0.1, 0.15) is 0 Å². The van der Waals surface area contributed by atoms with Crippen LogP contribution in [0.1, 0.15) is 62.3 Å². The maximum Gasteiger partial charge on any atom is 0.277 e. The molecule has 170 valence electrons. The lowest BCUT2D eigenvalue weighted by atomic mass is 9.72. The number of hydrogen-bond acceptors (Lipinski definition) is 9. The summed E-state index contributed by atoms with van der Waals surface area (Å²) in [7, 11) is 0. The van der Waals surface area contributed by atoms with Gasteiger partial charge in [0.15, 0.2) is 0 Å². The number of likely N-dealkylation sites (tertiary alicyclic amines) is 1. The van der Waals surface area contributed by atoms with Crippen LogP contribution < -0.4 is 0 Å². The number of thiophene rings is 1. The third-order valence-corrected chi connectivity index (χ3v) is 8.28. The van der Waals surface area contributed by atoms with Crippen molar-refractivity contribution in [3.63, 3.8) is 0 Å². The van der Waals surface area contributed by atoms with Crippen molar-refractivity contribution in [3.8, 4) is 10.8 Å². The normalized spacial score (nSPS) is 19.0. The van der Waals surface area contributed by atoms with Crippen molar-refractivity contribution in [2.75, 3.05) is 6.54 Å². The quantitative estimate of drug-likeness (QED) is 0.473. The van der Waals surface area contributed by atoms with Crippen LogP contribution in [0.3, 0.4) is 0 Å². The van der Waals surface area contributed by atoms with Gasteiger partial charge in [0.05, 0.1) is 17.2 Å². The molecule has 1 fully saturated rings. The van der Waals surface area contributed by atoms with E-state index in [-0.39, 0.29) is 5.91 Å². The van der Waals surface area contributed by atoms with E-state index in [1.54, 1.807) is 16.2 Å². The first-order chi connectivity index (χ1) is 15.3. The second kappa shape index (κ2) is 8.62. The molecule has 10 heteroatoms. The SMILES string of the molecule is CC(C)(C)[C@H]1CCc2sc(-c3nnc(CSc4nnc(CN5CCCC5=O)o4)o3)cc2C1. The van der Waals surface area contributed by atoms with Crippen LogP contribution >= 0.6 is 23.1 Å². The topological polar surface area (TPSA) is 98.2 Å². The molecule has 1 aliphatic heterocycles. The number of amides is 1. The predicted octanol–water partition coefficient (Wildman–Crippen LogP) is 4.75. The van der Waals surface area contributed by atoms with E-state index in [2.05, 4.69) is 47.2 Å². The molecule has 5 rings (SSSR count). The Balaban J connectivity index is 1.19. The van der Waals surface area contributed by atoms with Crippen LogP contribution in [0.4, 0.5) is 0 Å². The smallest absolute Gasteiger partial charge is 0.277 e. The van der Waals surface area contributed by atoms with Crippen molar-refractivity contribution in [2.45, 2.75) is 70.4 Å². The van der Waals surface area contributed by atoms with E-state index in [0.29, 0.717) is 52.9 Å². The summed E-state index contributed by atoms with van der Waals surface area (Å²) >= 11 is 3.13. The van der Waals surface area contributed by atoms with Crippen LogP contribution in [0.15, 0.2) is 20.1 Å². The molecule has 1 aliphatic carbocycles. The summed E-state index contributed by atoms with van der Waals surface area (Å²) < 4.78 is 11.6. The van der Waals surface area contributed by atoms with Crippen molar-refractivity contribution in [3.05, 3.63) is 28.3 Å². The molecule has 0 radical (unpaired) electrons. The van der Waals surface area contributed by atoms with E-state index in [4.69, 9.17) is 8.83 Å². The molecule has 0 unspecified atom stereocenters. The standard InChI is InChI=1S/C22H27N5O3S2/c1-22(2,3)14-6-7-15-13(9-14)10-16(32-15)20-25-24-18(29-20)12-31-21-26-23-17(30-21)11-27-8-4-5-19(27)28/h10,14H,4-9,11-12H2,1-3H3/t14-/m0/s1. The largest absolute Gasteiger partial charge is 0.419 e. The van der Waals surface area contributed by atoms with Crippen molar-refractivity contribution in [2.24, 2.45) is 11.3 Å². The van der Waals surface area contributed by atoms with Crippen molar-refractivity contribution in [1.82, 2.24) is 25.3 Å². The molecule has 0 N–H and O–H groups in total. The lowest BCUT2D eigenvalue weighted by molar-refractivity contribution is -0.128. The number of carbonyl (C=O) groups is 1. The summed E-state index contributed by atoms with van der Waals surface area (Å²) in [5.41, 5.74) is 1.76. The molecule has 3 aromatic rings. The Labute approximate surface area is 195 Å². The molecule has 8 nitrogen and oxygen atoms in total. The Hall–Kier alpha value is -2.20. The molecule has 4 heterocycles. The summed E-state index contributed by atoms with van der Waals surface area (Å²) in [6, 6.07) is 2.23. The van der Waals surface area contributed by atoms with E-state index >= 15 is 0 Å². The Morgan fingerprint density at radius 3 is 2.78 bits per heavy atom. The average Bonchev–Trinajstić information content (AvgIpc) is 3.53. The first-order valence-corrected chi connectivity index (χ1v) is 12.8. The van der Waals surface area contributed by atoms with Gasteiger partial charge in [-0.3, -0.25) is 4.79 Å². The molecule has 0 bridgehead atoms. The molecule has 0 saturated carbocycles. The van der Waals surface area contributed by atoms with E-state index in [9.17, 15) is 4.79 Å². The van der Waals surface area contributed by atoms with Crippen LogP contribution in [-0.4, -0.2) is 37.7 Å². The lowest BCUT2D eigenvalue weighted by Crippen LogP contribution is -2.26. The molecule has 1 saturated heterocycles. The average molecular weight is 474 g/mol. The van der Waals surface area contributed by atoms with Gasteiger partial charge in [0.25, 0.3) is 11.1 Å². The Bertz CT molecular complexity index is 1110. The zero-order valence-corrected chi connectivity index (χ0v) is 20.2. The van der Waals surface area contributed by atoms with Gasteiger partial charge in [0, 0.05) is 17.8 Å². The second-order valence-electron chi connectivity index (χ2n) is 9.53. The number of aromatic nitrogens is 4. The van der Waals surface area contributed by atoms with E-state index in [1.807, 2.05) is 0 Å². The predicted molar refractivity (Wildman–Crippen MR) is 121 cm³/mol. The van der Waals surface area contributed by atoms with Crippen LogP contribution in [-0.2, 0) is 29.9 Å². The highest BCUT2D eigenvalue weighted by Crippen LogP contribution is 2.42. The molecule has 0 spiro atoms. The van der Waals surface area contributed by atoms with E-state index in [0.717, 1.165) is 30.7 Å². The molecule has 1 amide bonds. The van der Waals surface area contributed by atoms with Gasteiger partial charge in [-0.25, -0.2) is 0 Å². The maximum atomic E-state index is 11.7. The van der Waals surface area contributed by atoms with Gasteiger partial charge in [-0.2, -0.15) is 0 Å². The Kier molecular flexibility index (Phi) is 5.83. The highest BCUT2D eigenvalue weighted by atomic mass is 32.2. The highest BCUT2D eigenvalue weighted by molar-refractivity contribution is 7.98. The van der Waals surface area contributed by atoms with Crippen LogP contribution in [0.25, 0.3) is 10.8 Å². The van der Waals surface area contributed by atoms with Crippen LogP contribution in [0, 0.1) is 11.3 Å². The number of nitrogens with zero attached hydrogens (tertiary/aromatic N) is 5. The maximum absolute atomic E-state index is 11.7. The number of aryl methyl sites for hydroxylation is 1. The van der Waals surface area contributed by atoms with Gasteiger partial charge < -0.3 is 13.7 Å². The van der Waals surface area contributed by atoms with E-state index in [1.165, 1.54) is 28.6 Å². The minimum Gasteiger partial charge on any atom is -0.419 e. The van der Waals surface area contributed by atoms with Gasteiger partial charge in [-0.15, -0.1) is 31.7 Å². The third-order valence-electron chi connectivity index (χ3n) is 6.25. The van der Waals surface area contributed by atoms with Crippen molar-refractivity contribution < 1.29 is 13.6 Å². The Morgan fingerprint density at radius 2 is 2.00 bits per heavy atom. The Morgan fingerprint density at radius 1 is 1.16 bits per heavy atom. The zero-order chi connectivity index (χ0) is 22.3. The van der Waals surface area contributed by atoms with E-state index < -0.39 is 0 Å². The van der Waals surface area contributed by atoms with Gasteiger partial charge >= 0.3 is 0 Å². The highest BCUT2D eigenvalue weighted by Gasteiger charge is 2.30. The number of carbonyl (C=O) groups excluding carboxylic acids is 1. The fourth-order valence-electron chi connectivity index (χ4n) is 4.30. The second-order valence-corrected chi connectivity index (χ2v) is 11.6. The first-order valence-electron chi connectivity index (χ1n) is 11.0. The molecule has 3 aromatic heterocycles. The molecule has 0 aromatic carbocycles. The third kappa shape index (κ3) is 4.61. The minimum absolute atomic E-state index is 0.139. The lowest BCUT2D eigenvalue weighted by Gasteiger charge is -2.33. The fourth-order valence-corrected chi connectivity index (χ4v) is 6.05. The summed E-state index contributed by atoms with van der Waals surface area (Å²) in [4.78, 5) is 16.0. The number of rotatable bonds is 6. The minimum atomic E-state index is 0.139. The summed E-state index contributed by atoms with van der Waals surface area (Å²) in [6.07, 6.45) is 4.97. The number of fused-ring (bicyclic) bond motifs is 1. The molecule has 1 atom stereocenters. The van der Waals surface area contributed by atoms with Gasteiger partial charge in [-0.1, -0.05) is 32.5 Å². The zero-order valence-electron chi connectivity index (χ0n) is 18.6. The molecular weight excluding hydrogens is 446 g/mol. The summed E-state index contributed by atoms with van der Waals surface area (Å²) in [5, 5.41) is 17.0. The first kappa shape index (κ1) is 21.6. The molecule has 32 heavy (non-hydrogen) atoms. The van der Waals surface area contributed by atoms with Gasteiger partial charge in [-0.05, 0) is 48.6 Å². The number of hydrogen-bond donors (Lipinski definition) is 0. The van der Waals surface area contributed by atoms with Crippen molar-refractivity contribution in [1.29, 1.82) is 0 Å². The summed E-state index contributed by atoms with van der Waals surface area (Å²) in [5.74, 6) is 2.85. The molecule has 2 aliphatic rings. The van der Waals surface area contributed by atoms with Crippen LogP contribution in [0.2, 0.25) is 0 Å².